The molecule has 0 saturated heterocycles. The van der Waals surface area contributed by atoms with Crippen LogP contribution >= 0.6 is 22.9 Å². The number of amides is 1. The monoisotopic (exact) mass is 399 g/mol. The van der Waals surface area contributed by atoms with Crippen LogP contribution in [0.5, 0.6) is 0 Å². The largest absolute Gasteiger partial charge is 0.449 e. The topological polar surface area (TPSA) is 55.4 Å². The molecular formula is C21H18ClNO3S. The first kappa shape index (κ1) is 19.1. The highest BCUT2D eigenvalue weighted by atomic mass is 35.5. The smallest absolute Gasteiger partial charge is 0.331 e. The van der Waals surface area contributed by atoms with Crippen molar-refractivity contribution in [2.75, 3.05) is 0 Å². The van der Waals surface area contributed by atoms with E-state index in [4.69, 9.17) is 16.3 Å². The molecule has 0 aliphatic rings. The Bertz CT molecular complexity index is 982. The number of rotatable bonds is 6. The molecule has 0 spiro atoms. The van der Waals surface area contributed by atoms with Crippen molar-refractivity contribution >= 4 is 51.0 Å². The minimum atomic E-state index is -0.885. The number of ether oxygens (including phenoxy) is 1. The van der Waals surface area contributed by atoms with Gasteiger partial charge in [0, 0.05) is 27.6 Å². The van der Waals surface area contributed by atoms with Crippen molar-refractivity contribution in [2.24, 2.45) is 0 Å². The van der Waals surface area contributed by atoms with Crippen molar-refractivity contribution in [3.8, 4) is 0 Å². The summed E-state index contributed by atoms with van der Waals surface area (Å²) in [4.78, 5) is 24.8. The van der Waals surface area contributed by atoms with Gasteiger partial charge in [-0.2, -0.15) is 0 Å². The average Bonchev–Trinajstić information content (AvgIpc) is 3.01. The quantitative estimate of drug-likeness (QED) is 0.477. The lowest BCUT2D eigenvalue weighted by molar-refractivity contribution is -0.150. The number of carbonyl (C=O) groups excluding carboxylic acids is 2. The minimum Gasteiger partial charge on any atom is -0.449 e. The second kappa shape index (κ2) is 8.84. The van der Waals surface area contributed by atoms with E-state index in [2.05, 4.69) is 5.32 Å². The van der Waals surface area contributed by atoms with E-state index >= 15 is 0 Å². The number of carbonyl (C=O) groups is 2. The zero-order valence-electron chi connectivity index (χ0n) is 14.6. The molecular weight excluding hydrogens is 382 g/mol. The summed E-state index contributed by atoms with van der Waals surface area (Å²) in [6, 6.07) is 17.3. The van der Waals surface area contributed by atoms with Crippen LogP contribution in [0, 0.1) is 0 Å². The van der Waals surface area contributed by atoms with Gasteiger partial charge in [0.05, 0.1) is 5.02 Å². The summed E-state index contributed by atoms with van der Waals surface area (Å²) in [5.74, 6) is -0.939. The third-order valence-corrected chi connectivity index (χ3v) is 5.56. The highest BCUT2D eigenvalue weighted by molar-refractivity contribution is 7.20. The summed E-state index contributed by atoms with van der Waals surface area (Å²) in [7, 11) is 0. The number of hydrogen-bond donors (Lipinski definition) is 1. The fraction of sp³-hybridized carbons (Fsp3) is 0.143. The van der Waals surface area contributed by atoms with Crippen LogP contribution in [-0.4, -0.2) is 18.0 Å². The molecule has 0 fully saturated rings. The van der Waals surface area contributed by atoms with Gasteiger partial charge in [-0.3, -0.25) is 4.79 Å². The summed E-state index contributed by atoms with van der Waals surface area (Å²) in [5, 5.41) is 4.30. The van der Waals surface area contributed by atoms with E-state index in [1.165, 1.54) is 17.4 Å². The SMILES string of the molecule is C[C@@H](OC(=O)/C=C/c1sc2ccccc2c1Cl)C(=O)NCc1ccccc1. The number of thiophene rings is 1. The number of hydrogen-bond acceptors (Lipinski definition) is 4. The van der Waals surface area contributed by atoms with Crippen LogP contribution in [0.15, 0.2) is 60.7 Å². The fourth-order valence-electron chi connectivity index (χ4n) is 2.48. The first-order chi connectivity index (χ1) is 13.0. The summed E-state index contributed by atoms with van der Waals surface area (Å²) in [6.45, 7) is 1.92. The zero-order chi connectivity index (χ0) is 19.2. The lowest BCUT2D eigenvalue weighted by Gasteiger charge is -2.12. The molecule has 1 aromatic heterocycles. The normalized spacial score (nSPS) is 12.2. The molecule has 3 aromatic rings. The Labute approximate surface area is 166 Å². The molecule has 3 rings (SSSR count). The van der Waals surface area contributed by atoms with E-state index in [0.717, 1.165) is 20.5 Å². The van der Waals surface area contributed by atoms with Crippen LogP contribution in [0.4, 0.5) is 0 Å². The highest BCUT2D eigenvalue weighted by Crippen LogP contribution is 2.35. The Morgan fingerprint density at radius 2 is 1.85 bits per heavy atom. The van der Waals surface area contributed by atoms with Crippen molar-refractivity contribution in [1.29, 1.82) is 0 Å². The number of fused-ring (bicyclic) bond motifs is 1. The van der Waals surface area contributed by atoms with Crippen molar-refractivity contribution < 1.29 is 14.3 Å². The molecule has 0 aliphatic carbocycles. The summed E-state index contributed by atoms with van der Waals surface area (Å²) in [6.07, 6.45) is 2.02. The lowest BCUT2D eigenvalue weighted by atomic mass is 10.2. The maximum atomic E-state index is 12.1. The second-order valence-electron chi connectivity index (χ2n) is 5.89. The number of esters is 1. The van der Waals surface area contributed by atoms with Gasteiger partial charge in [-0.15, -0.1) is 11.3 Å². The van der Waals surface area contributed by atoms with Crippen LogP contribution in [0.3, 0.4) is 0 Å². The molecule has 1 heterocycles. The van der Waals surface area contributed by atoms with Gasteiger partial charge in [0.2, 0.25) is 0 Å². The maximum Gasteiger partial charge on any atom is 0.331 e. The van der Waals surface area contributed by atoms with Gasteiger partial charge in [-0.25, -0.2) is 4.79 Å². The molecule has 0 bridgehead atoms. The second-order valence-corrected chi connectivity index (χ2v) is 7.35. The van der Waals surface area contributed by atoms with E-state index in [-0.39, 0.29) is 5.91 Å². The molecule has 0 unspecified atom stereocenters. The fourth-order valence-corrected chi connectivity index (χ4v) is 3.88. The van der Waals surface area contributed by atoms with Crippen LogP contribution in [0.1, 0.15) is 17.4 Å². The molecule has 2 aromatic carbocycles. The first-order valence-corrected chi connectivity index (χ1v) is 9.61. The van der Waals surface area contributed by atoms with Crippen LogP contribution < -0.4 is 5.32 Å². The molecule has 27 heavy (non-hydrogen) atoms. The first-order valence-electron chi connectivity index (χ1n) is 8.42. The molecule has 0 radical (unpaired) electrons. The third kappa shape index (κ3) is 4.96. The third-order valence-electron chi connectivity index (χ3n) is 3.90. The van der Waals surface area contributed by atoms with E-state index in [0.29, 0.717) is 11.6 Å². The molecule has 0 saturated carbocycles. The van der Waals surface area contributed by atoms with Gasteiger partial charge in [0.15, 0.2) is 6.10 Å². The van der Waals surface area contributed by atoms with Gasteiger partial charge >= 0.3 is 5.97 Å². The van der Waals surface area contributed by atoms with Gasteiger partial charge < -0.3 is 10.1 Å². The van der Waals surface area contributed by atoms with Crippen molar-refractivity contribution in [1.82, 2.24) is 5.32 Å². The van der Waals surface area contributed by atoms with Gasteiger partial charge in [-0.05, 0) is 24.6 Å². The standard InChI is InChI=1S/C21H18ClNO3S/c1-14(21(25)23-13-15-7-3-2-4-8-15)26-19(24)12-11-18-20(22)16-9-5-6-10-17(16)27-18/h2-12,14H,13H2,1H3,(H,23,25)/b12-11+/t14-/m1/s1. The van der Waals surface area contributed by atoms with Crippen molar-refractivity contribution in [2.45, 2.75) is 19.6 Å². The van der Waals surface area contributed by atoms with Crippen LogP contribution in [-0.2, 0) is 20.9 Å². The van der Waals surface area contributed by atoms with E-state index in [1.807, 2.05) is 54.6 Å². The Kier molecular flexibility index (Phi) is 6.27. The number of benzene rings is 2. The van der Waals surface area contributed by atoms with E-state index in [1.54, 1.807) is 13.0 Å². The van der Waals surface area contributed by atoms with Crippen LogP contribution in [0.25, 0.3) is 16.2 Å². The molecule has 1 atom stereocenters. The minimum absolute atomic E-state index is 0.347. The molecule has 4 nitrogen and oxygen atoms in total. The predicted molar refractivity (Wildman–Crippen MR) is 110 cm³/mol. The average molecular weight is 400 g/mol. The number of halogens is 1. The molecule has 1 amide bonds. The molecule has 138 valence electrons. The molecule has 1 N–H and O–H groups in total. The maximum absolute atomic E-state index is 12.1. The Morgan fingerprint density at radius 1 is 1.15 bits per heavy atom. The Morgan fingerprint density at radius 3 is 2.59 bits per heavy atom. The van der Waals surface area contributed by atoms with E-state index in [9.17, 15) is 9.59 Å². The molecule has 6 heteroatoms. The zero-order valence-corrected chi connectivity index (χ0v) is 16.2. The highest BCUT2D eigenvalue weighted by Gasteiger charge is 2.16. The van der Waals surface area contributed by atoms with Crippen LogP contribution in [0.2, 0.25) is 5.02 Å². The lowest BCUT2D eigenvalue weighted by Crippen LogP contribution is -2.35. The Balaban J connectivity index is 1.55. The van der Waals surface area contributed by atoms with Crippen molar-refractivity contribution in [3.63, 3.8) is 0 Å². The number of nitrogens with one attached hydrogen (secondary N) is 1. The summed E-state index contributed by atoms with van der Waals surface area (Å²) in [5.41, 5.74) is 0.976. The van der Waals surface area contributed by atoms with Gasteiger partial charge in [-0.1, -0.05) is 60.1 Å². The van der Waals surface area contributed by atoms with E-state index < -0.39 is 12.1 Å². The summed E-state index contributed by atoms with van der Waals surface area (Å²) >= 11 is 7.83. The van der Waals surface area contributed by atoms with Gasteiger partial charge in [0.25, 0.3) is 5.91 Å². The molecule has 0 aliphatic heterocycles. The Hall–Kier alpha value is -2.63. The van der Waals surface area contributed by atoms with Crippen molar-refractivity contribution in [3.05, 3.63) is 76.1 Å². The predicted octanol–water partition coefficient (Wildman–Crippen LogP) is 4.82. The summed E-state index contributed by atoms with van der Waals surface area (Å²) < 4.78 is 6.21. The van der Waals surface area contributed by atoms with Gasteiger partial charge in [0.1, 0.15) is 0 Å².